The summed E-state index contributed by atoms with van der Waals surface area (Å²) in [4.78, 5) is 27.9. The van der Waals surface area contributed by atoms with E-state index in [4.69, 9.17) is 5.10 Å². The molecule has 10 heteroatoms. The first-order valence-corrected chi connectivity index (χ1v) is 15.0. The van der Waals surface area contributed by atoms with Crippen molar-refractivity contribution in [2.75, 3.05) is 13.1 Å². The summed E-state index contributed by atoms with van der Waals surface area (Å²) >= 11 is 0. The van der Waals surface area contributed by atoms with Crippen LogP contribution in [0.15, 0.2) is 82.4 Å². The van der Waals surface area contributed by atoms with E-state index in [0.29, 0.717) is 41.9 Å². The molecule has 0 fully saturated rings. The van der Waals surface area contributed by atoms with E-state index in [1.807, 2.05) is 43.3 Å². The number of carbonyl (C=O) groups is 2. The Hall–Kier alpha value is -4.33. The molecule has 0 saturated heterocycles. The third kappa shape index (κ3) is 5.51. The number of para-hydroxylation sites is 1. The fraction of sp³-hybridized carbons (Fsp3) is 0.290. The second-order valence-corrected chi connectivity index (χ2v) is 11.7. The number of hydrogen-bond acceptors (Lipinski definition) is 6. The number of hydrogen-bond donors (Lipinski definition) is 0. The highest BCUT2D eigenvalue weighted by molar-refractivity contribution is 7.89. The van der Waals surface area contributed by atoms with E-state index in [-0.39, 0.29) is 16.0 Å². The van der Waals surface area contributed by atoms with Crippen LogP contribution < -0.4 is 0 Å². The minimum Gasteiger partial charge on any atom is -0.271 e. The molecule has 0 radical (unpaired) electrons. The Kier molecular flexibility index (Phi) is 8.71. The van der Waals surface area contributed by atoms with Crippen LogP contribution in [0.1, 0.15) is 46.6 Å². The van der Waals surface area contributed by atoms with Gasteiger partial charge in [-0.2, -0.15) is 14.7 Å². The molecule has 1 unspecified atom stereocenters. The van der Waals surface area contributed by atoms with Gasteiger partial charge >= 0.3 is 0 Å². The smallest absolute Gasteiger partial charge is 0.271 e. The molecule has 0 bridgehead atoms. The standard InChI is InChI=1S/C31H33N5O4S/c1-6-21(4)36-30(37)27(22(5)28(19-32)31(36)38)18-24-20-35(25-14-10-9-11-15-25)33-29(24)23-13-12-16-26(17-23)41(39,40)34(7-2)8-3/h9-18,20-21H,6-8H2,1-5H3/b27-18+. The summed E-state index contributed by atoms with van der Waals surface area (Å²) < 4.78 is 29.6. The zero-order valence-corrected chi connectivity index (χ0v) is 24.6. The number of benzene rings is 2. The van der Waals surface area contributed by atoms with Gasteiger partial charge in [-0.1, -0.05) is 51.1 Å². The van der Waals surface area contributed by atoms with Crippen LogP contribution in [0, 0.1) is 11.3 Å². The predicted molar refractivity (Wildman–Crippen MR) is 157 cm³/mol. The Balaban J connectivity index is 1.95. The Labute approximate surface area is 241 Å². The predicted octanol–water partition coefficient (Wildman–Crippen LogP) is 4.96. The number of sulfonamides is 1. The van der Waals surface area contributed by atoms with Crippen LogP contribution in [-0.4, -0.2) is 58.3 Å². The first-order chi connectivity index (χ1) is 19.6. The molecule has 1 aliphatic rings. The van der Waals surface area contributed by atoms with Crippen molar-refractivity contribution in [2.45, 2.75) is 52.0 Å². The van der Waals surface area contributed by atoms with Gasteiger partial charge < -0.3 is 0 Å². The molecule has 212 valence electrons. The highest BCUT2D eigenvalue weighted by Gasteiger charge is 2.38. The van der Waals surface area contributed by atoms with Crippen molar-refractivity contribution < 1.29 is 18.0 Å². The second kappa shape index (κ2) is 12.0. The van der Waals surface area contributed by atoms with Gasteiger partial charge in [0.05, 0.1) is 10.6 Å². The third-order valence-corrected chi connectivity index (χ3v) is 9.36. The van der Waals surface area contributed by atoms with Crippen LogP contribution in [0.3, 0.4) is 0 Å². The van der Waals surface area contributed by atoms with Crippen LogP contribution in [0.4, 0.5) is 0 Å². The van der Waals surface area contributed by atoms with Gasteiger partial charge in [-0.05, 0) is 56.2 Å². The number of imide groups is 1. The lowest BCUT2D eigenvalue weighted by atomic mass is 9.92. The van der Waals surface area contributed by atoms with E-state index in [1.165, 1.54) is 4.31 Å². The van der Waals surface area contributed by atoms with E-state index in [2.05, 4.69) is 0 Å². The highest BCUT2D eigenvalue weighted by atomic mass is 32.2. The van der Waals surface area contributed by atoms with Crippen LogP contribution in [-0.2, 0) is 19.6 Å². The minimum atomic E-state index is -3.73. The molecule has 1 aromatic heterocycles. The first-order valence-electron chi connectivity index (χ1n) is 13.6. The van der Waals surface area contributed by atoms with E-state index in [0.717, 1.165) is 10.6 Å². The zero-order valence-electron chi connectivity index (χ0n) is 23.8. The maximum absolute atomic E-state index is 13.6. The topological polar surface area (TPSA) is 116 Å². The number of aromatic nitrogens is 2. The molecule has 0 N–H and O–H groups in total. The second-order valence-electron chi connectivity index (χ2n) is 9.74. The molecule has 1 atom stereocenters. The Morgan fingerprint density at radius 3 is 2.32 bits per heavy atom. The van der Waals surface area contributed by atoms with E-state index < -0.39 is 27.9 Å². The normalized spacial score (nSPS) is 16.0. The van der Waals surface area contributed by atoms with E-state index in [9.17, 15) is 23.3 Å². The van der Waals surface area contributed by atoms with Crippen LogP contribution in [0.2, 0.25) is 0 Å². The SMILES string of the molecule is CCC(C)N1C(=O)C(C#N)=C(C)/C(=C\c2cn(-c3ccccc3)nc2-c2cccc(S(=O)(=O)N(CC)CC)c2)C1=O. The van der Waals surface area contributed by atoms with Crippen molar-refractivity contribution >= 4 is 27.9 Å². The molecule has 0 saturated carbocycles. The molecule has 2 heterocycles. The first kappa shape index (κ1) is 29.6. The summed E-state index contributed by atoms with van der Waals surface area (Å²) in [5, 5.41) is 14.6. The highest BCUT2D eigenvalue weighted by Crippen LogP contribution is 2.33. The fourth-order valence-electron chi connectivity index (χ4n) is 4.78. The monoisotopic (exact) mass is 571 g/mol. The fourth-order valence-corrected chi connectivity index (χ4v) is 6.29. The summed E-state index contributed by atoms with van der Waals surface area (Å²) in [5.41, 5.74) is 2.71. The van der Waals surface area contributed by atoms with Crippen molar-refractivity contribution in [3.8, 4) is 23.0 Å². The molecule has 41 heavy (non-hydrogen) atoms. The molecule has 2 aromatic carbocycles. The lowest BCUT2D eigenvalue weighted by Crippen LogP contribution is -2.47. The summed E-state index contributed by atoms with van der Waals surface area (Å²) in [7, 11) is -3.73. The quantitative estimate of drug-likeness (QED) is 0.265. The average Bonchev–Trinajstić information content (AvgIpc) is 3.40. The third-order valence-electron chi connectivity index (χ3n) is 7.32. The lowest BCUT2D eigenvalue weighted by molar-refractivity contribution is -0.142. The summed E-state index contributed by atoms with van der Waals surface area (Å²) in [6.07, 6.45) is 3.91. The van der Waals surface area contributed by atoms with Crippen molar-refractivity contribution in [3.63, 3.8) is 0 Å². The lowest BCUT2D eigenvalue weighted by Gasteiger charge is -2.31. The van der Waals surface area contributed by atoms with Gasteiger partial charge in [-0.25, -0.2) is 13.1 Å². The van der Waals surface area contributed by atoms with Crippen molar-refractivity contribution in [1.29, 1.82) is 5.26 Å². The van der Waals surface area contributed by atoms with Crippen LogP contribution in [0.25, 0.3) is 23.0 Å². The Morgan fingerprint density at radius 1 is 1.02 bits per heavy atom. The summed E-state index contributed by atoms with van der Waals surface area (Å²) in [6.45, 7) is 9.48. The molecular formula is C31H33N5O4S. The maximum atomic E-state index is 13.6. The number of rotatable bonds is 9. The molecule has 2 amide bonds. The molecule has 4 rings (SSSR count). The molecule has 0 spiro atoms. The van der Waals surface area contributed by atoms with E-state index in [1.54, 1.807) is 68.9 Å². The minimum absolute atomic E-state index is 0.0829. The van der Waals surface area contributed by atoms with Gasteiger partial charge in [0.1, 0.15) is 17.3 Å². The van der Waals surface area contributed by atoms with Crippen molar-refractivity contribution in [3.05, 3.63) is 83.1 Å². The Morgan fingerprint density at radius 2 is 1.71 bits per heavy atom. The van der Waals surface area contributed by atoms with Crippen LogP contribution >= 0.6 is 0 Å². The number of nitriles is 1. The van der Waals surface area contributed by atoms with Gasteiger partial charge in [-0.15, -0.1) is 0 Å². The van der Waals surface area contributed by atoms with Crippen molar-refractivity contribution in [1.82, 2.24) is 19.0 Å². The summed E-state index contributed by atoms with van der Waals surface area (Å²) in [5.74, 6) is -1.09. The number of amides is 2. The largest absolute Gasteiger partial charge is 0.271 e. The van der Waals surface area contributed by atoms with Crippen molar-refractivity contribution in [2.24, 2.45) is 0 Å². The van der Waals surface area contributed by atoms with Gasteiger partial charge in [0.2, 0.25) is 10.0 Å². The molecule has 1 aliphatic heterocycles. The van der Waals surface area contributed by atoms with Gasteiger partial charge in [0, 0.05) is 42.0 Å². The van der Waals surface area contributed by atoms with Gasteiger partial charge in [0.25, 0.3) is 11.8 Å². The average molecular weight is 572 g/mol. The summed E-state index contributed by atoms with van der Waals surface area (Å²) in [6, 6.07) is 17.5. The molecule has 3 aromatic rings. The molecule has 9 nitrogen and oxygen atoms in total. The maximum Gasteiger partial charge on any atom is 0.271 e. The zero-order chi connectivity index (χ0) is 29.9. The van der Waals surface area contributed by atoms with Gasteiger partial charge in [-0.3, -0.25) is 14.5 Å². The van der Waals surface area contributed by atoms with Gasteiger partial charge in [0.15, 0.2) is 0 Å². The van der Waals surface area contributed by atoms with E-state index >= 15 is 0 Å². The number of carbonyl (C=O) groups excluding carboxylic acids is 2. The Bertz CT molecular complexity index is 1690. The molecule has 0 aliphatic carbocycles. The molecular weight excluding hydrogens is 538 g/mol. The number of nitrogens with zero attached hydrogens (tertiary/aromatic N) is 5. The van der Waals surface area contributed by atoms with Crippen LogP contribution in [0.5, 0.6) is 0 Å².